The van der Waals surface area contributed by atoms with Crippen LogP contribution in [0.5, 0.6) is 11.5 Å². The van der Waals surface area contributed by atoms with Gasteiger partial charge in [-0.15, -0.1) is 0 Å². The molecule has 3 heteroatoms. The zero-order valence-corrected chi connectivity index (χ0v) is 13.7. The minimum Gasteiger partial charge on any atom is -0.507 e. The van der Waals surface area contributed by atoms with Gasteiger partial charge in [-0.2, -0.15) is 0 Å². The fourth-order valence-electron chi connectivity index (χ4n) is 3.38. The number of fused-ring (bicyclic) bond motifs is 2. The molecular weight excluding hydrogens is 312 g/mol. The molecule has 0 spiro atoms. The van der Waals surface area contributed by atoms with Crippen molar-refractivity contribution in [1.29, 1.82) is 0 Å². The number of ketones is 1. The van der Waals surface area contributed by atoms with Crippen LogP contribution in [0.15, 0.2) is 66.7 Å². The monoisotopic (exact) mass is 328 g/mol. The van der Waals surface area contributed by atoms with Crippen molar-refractivity contribution in [2.75, 3.05) is 0 Å². The Hall–Kier alpha value is -3.33. The van der Waals surface area contributed by atoms with E-state index in [0.717, 1.165) is 21.5 Å². The molecule has 0 atom stereocenters. The summed E-state index contributed by atoms with van der Waals surface area (Å²) in [5.41, 5.74) is 1.27. The predicted molar refractivity (Wildman–Crippen MR) is 100 cm³/mol. The Morgan fingerprint density at radius 1 is 0.760 bits per heavy atom. The van der Waals surface area contributed by atoms with Crippen molar-refractivity contribution in [2.45, 2.75) is 6.92 Å². The lowest BCUT2D eigenvalue weighted by molar-refractivity contribution is 0.101. The molecule has 25 heavy (non-hydrogen) atoms. The second-order valence-corrected chi connectivity index (χ2v) is 6.11. The van der Waals surface area contributed by atoms with E-state index < -0.39 is 0 Å². The molecule has 0 aliphatic carbocycles. The van der Waals surface area contributed by atoms with Crippen LogP contribution >= 0.6 is 0 Å². The van der Waals surface area contributed by atoms with Gasteiger partial charge >= 0.3 is 0 Å². The van der Waals surface area contributed by atoms with Gasteiger partial charge in [-0.1, -0.05) is 54.6 Å². The van der Waals surface area contributed by atoms with Crippen molar-refractivity contribution in [3.8, 4) is 22.6 Å². The number of phenolic OH excluding ortho intramolecular Hbond substituents is 2. The number of carbonyl (C=O) groups excluding carboxylic acids is 1. The summed E-state index contributed by atoms with van der Waals surface area (Å²) in [5.74, 6) is -0.248. The fraction of sp³-hybridized carbons (Fsp3) is 0.0455. The van der Waals surface area contributed by atoms with E-state index in [2.05, 4.69) is 0 Å². The highest BCUT2D eigenvalue weighted by molar-refractivity contribution is 6.13. The molecule has 4 aromatic carbocycles. The van der Waals surface area contributed by atoms with Crippen LogP contribution in [0.3, 0.4) is 0 Å². The van der Waals surface area contributed by atoms with Crippen LogP contribution in [-0.2, 0) is 0 Å². The third kappa shape index (κ3) is 2.32. The molecule has 0 heterocycles. The lowest BCUT2D eigenvalue weighted by atomic mass is 9.90. The largest absolute Gasteiger partial charge is 0.507 e. The standard InChI is InChI=1S/C22H16O3/c1-13(23)18-12-15-7-3-5-9-17(15)21(22(18)25)20-16-8-4-2-6-14(16)10-11-19(20)24/h2-12,24-25H,1H3. The maximum absolute atomic E-state index is 12.0. The van der Waals surface area contributed by atoms with Crippen molar-refractivity contribution in [1.82, 2.24) is 0 Å². The summed E-state index contributed by atoms with van der Waals surface area (Å²) in [6, 6.07) is 20.4. The first-order valence-corrected chi connectivity index (χ1v) is 8.04. The Labute approximate surface area is 144 Å². The summed E-state index contributed by atoms with van der Waals surface area (Å²) in [7, 11) is 0. The highest BCUT2D eigenvalue weighted by atomic mass is 16.3. The average molecular weight is 328 g/mol. The molecule has 0 fully saturated rings. The first-order chi connectivity index (χ1) is 12.1. The van der Waals surface area contributed by atoms with E-state index in [0.29, 0.717) is 11.1 Å². The maximum atomic E-state index is 12.0. The fourth-order valence-corrected chi connectivity index (χ4v) is 3.38. The van der Waals surface area contributed by atoms with Crippen molar-refractivity contribution >= 4 is 27.3 Å². The van der Waals surface area contributed by atoms with Gasteiger partial charge in [-0.25, -0.2) is 0 Å². The van der Waals surface area contributed by atoms with Gasteiger partial charge in [0, 0.05) is 11.1 Å². The molecule has 122 valence electrons. The van der Waals surface area contributed by atoms with Gasteiger partial charge in [0.15, 0.2) is 5.78 Å². The summed E-state index contributed by atoms with van der Waals surface area (Å²) < 4.78 is 0. The minimum absolute atomic E-state index is 0.0693. The second kappa shape index (κ2) is 5.64. The van der Waals surface area contributed by atoms with E-state index in [4.69, 9.17) is 0 Å². The van der Waals surface area contributed by atoms with Gasteiger partial charge < -0.3 is 10.2 Å². The van der Waals surface area contributed by atoms with Crippen molar-refractivity contribution in [3.05, 3.63) is 72.3 Å². The minimum atomic E-state index is -0.218. The van der Waals surface area contributed by atoms with E-state index in [-0.39, 0.29) is 22.8 Å². The molecule has 3 nitrogen and oxygen atoms in total. The maximum Gasteiger partial charge on any atom is 0.163 e. The molecule has 0 radical (unpaired) electrons. The van der Waals surface area contributed by atoms with E-state index in [1.165, 1.54) is 6.92 Å². The van der Waals surface area contributed by atoms with Gasteiger partial charge in [0.1, 0.15) is 11.5 Å². The molecule has 4 aromatic rings. The number of rotatable bonds is 2. The molecule has 0 aliphatic heterocycles. The number of phenols is 2. The molecule has 0 bridgehead atoms. The molecule has 0 saturated heterocycles. The zero-order valence-electron chi connectivity index (χ0n) is 13.7. The molecule has 0 aromatic heterocycles. The smallest absolute Gasteiger partial charge is 0.163 e. The number of aromatic hydroxyl groups is 2. The Balaban J connectivity index is 2.24. The summed E-state index contributed by atoms with van der Waals surface area (Å²) in [6.45, 7) is 1.43. The molecule has 0 unspecified atom stereocenters. The average Bonchev–Trinajstić information content (AvgIpc) is 2.62. The van der Waals surface area contributed by atoms with E-state index in [9.17, 15) is 15.0 Å². The molecule has 4 rings (SSSR count). The molecule has 0 aliphatic rings. The topological polar surface area (TPSA) is 57.5 Å². The van der Waals surface area contributed by atoms with Gasteiger partial charge in [0.05, 0.1) is 5.56 Å². The van der Waals surface area contributed by atoms with Crippen molar-refractivity contribution in [3.63, 3.8) is 0 Å². The number of carbonyl (C=O) groups is 1. The molecule has 0 amide bonds. The van der Waals surface area contributed by atoms with Crippen LogP contribution in [0.25, 0.3) is 32.7 Å². The lowest BCUT2D eigenvalue weighted by Crippen LogP contribution is -1.96. The summed E-state index contributed by atoms with van der Waals surface area (Å²) in [5, 5.41) is 24.8. The molecule has 0 saturated carbocycles. The third-order valence-corrected chi connectivity index (χ3v) is 4.56. The third-order valence-electron chi connectivity index (χ3n) is 4.56. The van der Waals surface area contributed by atoms with E-state index in [1.54, 1.807) is 12.1 Å². The van der Waals surface area contributed by atoms with E-state index >= 15 is 0 Å². The lowest BCUT2D eigenvalue weighted by Gasteiger charge is -2.16. The number of hydrogen-bond acceptors (Lipinski definition) is 3. The van der Waals surface area contributed by atoms with Crippen molar-refractivity contribution in [2.24, 2.45) is 0 Å². The Bertz CT molecular complexity index is 1140. The SMILES string of the molecule is CC(=O)c1cc2ccccc2c(-c2c(O)ccc3ccccc23)c1O. The van der Waals surface area contributed by atoms with Gasteiger partial charge in [0.25, 0.3) is 0 Å². The van der Waals surface area contributed by atoms with Gasteiger partial charge in [-0.3, -0.25) is 4.79 Å². The first-order valence-electron chi connectivity index (χ1n) is 8.04. The summed E-state index contributed by atoms with van der Waals surface area (Å²) in [6.07, 6.45) is 0. The quantitative estimate of drug-likeness (QED) is 0.493. The number of hydrogen-bond donors (Lipinski definition) is 2. The van der Waals surface area contributed by atoms with Gasteiger partial charge in [-0.05, 0) is 40.6 Å². The Kier molecular flexibility index (Phi) is 3.43. The van der Waals surface area contributed by atoms with Gasteiger partial charge in [0.2, 0.25) is 0 Å². The number of Topliss-reactive ketones (excluding diaryl/α,β-unsaturated/α-hetero) is 1. The van der Waals surface area contributed by atoms with Crippen molar-refractivity contribution < 1.29 is 15.0 Å². The Morgan fingerprint density at radius 3 is 2.04 bits per heavy atom. The van der Waals surface area contributed by atoms with Crippen LogP contribution < -0.4 is 0 Å². The Morgan fingerprint density at radius 2 is 1.36 bits per heavy atom. The molecule has 2 N–H and O–H groups in total. The van der Waals surface area contributed by atoms with Crippen LogP contribution in [0.2, 0.25) is 0 Å². The normalized spacial score (nSPS) is 11.1. The van der Waals surface area contributed by atoms with Crippen LogP contribution in [0.4, 0.5) is 0 Å². The molecular formula is C22H16O3. The first kappa shape index (κ1) is 15.2. The second-order valence-electron chi connectivity index (χ2n) is 6.11. The highest BCUT2D eigenvalue weighted by Crippen LogP contribution is 2.46. The number of benzene rings is 4. The predicted octanol–water partition coefficient (Wildman–Crippen LogP) is 5.27. The zero-order chi connectivity index (χ0) is 17.6. The van der Waals surface area contributed by atoms with E-state index in [1.807, 2.05) is 54.6 Å². The summed E-state index contributed by atoms with van der Waals surface area (Å²) in [4.78, 5) is 12.0. The van der Waals surface area contributed by atoms with Crippen LogP contribution in [0, 0.1) is 0 Å². The highest BCUT2D eigenvalue weighted by Gasteiger charge is 2.20. The summed E-state index contributed by atoms with van der Waals surface area (Å²) >= 11 is 0. The van der Waals surface area contributed by atoms with Crippen LogP contribution in [0.1, 0.15) is 17.3 Å². The van der Waals surface area contributed by atoms with Crippen LogP contribution in [-0.4, -0.2) is 16.0 Å².